The van der Waals surface area contributed by atoms with Crippen LogP contribution in [0.25, 0.3) is 0 Å². The molecular weight excluding hydrogens is 636 g/mol. The summed E-state index contributed by atoms with van der Waals surface area (Å²) in [4.78, 5) is 72.0. The van der Waals surface area contributed by atoms with E-state index in [9.17, 15) is 24.0 Å². The molecule has 5 atom stereocenters. The average Bonchev–Trinajstić information content (AvgIpc) is 3.74. The molecule has 50 heavy (non-hydrogen) atoms. The van der Waals surface area contributed by atoms with Crippen LogP contribution in [-0.2, 0) is 36.8 Å². The van der Waals surface area contributed by atoms with Gasteiger partial charge in [-0.15, -0.1) is 0 Å². The Hall–Kier alpha value is -4.59. The van der Waals surface area contributed by atoms with Crippen molar-refractivity contribution in [3.63, 3.8) is 0 Å². The van der Waals surface area contributed by atoms with Crippen LogP contribution in [0.3, 0.4) is 0 Å². The Balaban J connectivity index is 1.26. The highest BCUT2D eigenvalue weighted by molar-refractivity contribution is 5.96. The van der Waals surface area contributed by atoms with Gasteiger partial charge in [-0.2, -0.15) is 0 Å². The van der Waals surface area contributed by atoms with Crippen LogP contribution in [0.1, 0.15) is 43.7 Å². The monoisotopic (exact) mass is 686 g/mol. The third-order valence-electron chi connectivity index (χ3n) is 9.81. The Labute approximate surface area is 293 Å². The number of primary amides is 1. The summed E-state index contributed by atoms with van der Waals surface area (Å²) in [5.41, 5.74) is 21.4. The third kappa shape index (κ3) is 9.14. The van der Waals surface area contributed by atoms with E-state index in [1.165, 1.54) is 0 Å². The number of carbonyl (C=O) groups excluding carboxylic acids is 5. The fraction of sp³-hybridized carbons (Fsp3) is 0.486. The van der Waals surface area contributed by atoms with Gasteiger partial charge in [0.2, 0.25) is 29.5 Å². The minimum absolute atomic E-state index is 0.133. The average molecular weight is 687 g/mol. The number of amides is 5. The zero-order chi connectivity index (χ0) is 35.8. The minimum Gasteiger partial charge on any atom is -0.369 e. The molecule has 3 heterocycles. The molecule has 268 valence electrons. The lowest BCUT2D eigenvalue weighted by molar-refractivity contribution is -0.145. The highest BCUT2D eigenvalue weighted by Gasteiger charge is 2.46. The highest BCUT2D eigenvalue weighted by atomic mass is 16.2. The molecule has 3 aliphatic heterocycles. The zero-order valence-corrected chi connectivity index (χ0v) is 28.8. The highest BCUT2D eigenvalue weighted by Crippen LogP contribution is 2.30. The topological polar surface area (TPSA) is 197 Å². The van der Waals surface area contributed by atoms with Gasteiger partial charge in [-0.25, -0.2) is 0 Å². The molecule has 0 bridgehead atoms. The Morgan fingerprint density at radius 2 is 1.46 bits per heavy atom. The van der Waals surface area contributed by atoms with Gasteiger partial charge in [0.15, 0.2) is 0 Å². The summed E-state index contributed by atoms with van der Waals surface area (Å²) < 4.78 is 0. The van der Waals surface area contributed by atoms with Crippen LogP contribution in [0.2, 0.25) is 0 Å². The number of benzene rings is 2. The maximum absolute atomic E-state index is 14.1. The van der Waals surface area contributed by atoms with Crippen LogP contribution in [0.4, 0.5) is 0 Å². The first-order chi connectivity index (χ1) is 24.0. The Morgan fingerprint density at radius 1 is 0.860 bits per heavy atom. The molecule has 0 radical (unpaired) electrons. The summed E-state index contributed by atoms with van der Waals surface area (Å²) in [5.74, 6) is -1.80. The molecule has 2 aromatic rings. The van der Waals surface area contributed by atoms with Gasteiger partial charge in [-0.3, -0.25) is 28.9 Å². The van der Waals surface area contributed by atoms with E-state index in [1.807, 2.05) is 72.5 Å². The van der Waals surface area contributed by atoms with E-state index in [1.54, 1.807) is 9.80 Å². The molecule has 0 spiro atoms. The van der Waals surface area contributed by atoms with Gasteiger partial charge in [0, 0.05) is 38.6 Å². The predicted molar refractivity (Wildman–Crippen MR) is 189 cm³/mol. The maximum atomic E-state index is 14.1. The number of likely N-dealkylation sites (tertiary alicyclic amines) is 1. The molecule has 8 N–H and O–H groups in total. The number of nitrogens with two attached hydrogens (primary N) is 3. The molecular formula is C37H50N8O5. The van der Waals surface area contributed by atoms with E-state index in [0.29, 0.717) is 64.8 Å². The van der Waals surface area contributed by atoms with Crippen molar-refractivity contribution in [3.05, 3.63) is 82.9 Å². The summed E-state index contributed by atoms with van der Waals surface area (Å²) in [5, 5.41) is 5.74. The van der Waals surface area contributed by atoms with E-state index in [2.05, 4.69) is 10.6 Å². The van der Waals surface area contributed by atoms with Crippen molar-refractivity contribution < 1.29 is 24.0 Å². The first-order valence-electron chi connectivity index (χ1n) is 17.5. The van der Waals surface area contributed by atoms with Crippen LogP contribution in [-0.4, -0.2) is 114 Å². The zero-order valence-electron chi connectivity index (χ0n) is 28.8. The van der Waals surface area contributed by atoms with E-state index in [-0.39, 0.29) is 36.7 Å². The fourth-order valence-electron chi connectivity index (χ4n) is 7.33. The van der Waals surface area contributed by atoms with E-state index in [0.717, 1.165) is 22.3 Å². The smallest absolute Gasteiger partial charge is 0.246 e. The van der Waals surface area contributed by atoms with Crippen molar-refractivity contribution in [2.45, 2.75) is 75.7 Å². The van der Waals surface area contributed by atoms with Crippen LogP contribution < -0.4 is 27.8 Å². The van der Waals surface area contributed by atoms with Gasteiger partial charge in [0.1, 0.15) is 18.1 Å². The van der Waals surface area contributed by atoms with Crippen molar-refractivity contribution >= 4 is 29.5 Å². The van der Waals surface area contributed by atoms with E-state index in [4.69, 9.17) is 17.2 Å². The quantitative estimate of drug-likeness (QED) is 0.118. The summed E-state index contributed by atoms with van der Waals surface area (Å²) in [6, 6.07) is 15.0. The molecule has 1 fully saturated rings. The number of hydrogen-bond acceptors (Lipinski definition) is 8. The second-order valence-corrected chi connectivity index (χ2v) is 13.8. The minimum atomic E-state index is -0.974. The molecule has 13 heteroatoms. The molecule has 0 aliphatic carbocycles. The first kappa shape index (κ1) is 36.7. The summed E-state index contributed by atoms with van der Waals surface area (Å²) in [7, 11) is 0. The lowest BCUT2D eigenvalue weighted by Gasteiger charge is -2.34. The van der Waals surface area contributed by atoms with Crippen molar-refractivity contribution in [1.29, 1.82) is 0 Å². The van der Waals surface area contributed by atoms with Gasteiger partial charge in [-0.05, 0) is 67.8 Å². The van der Waals surface area contributed by atoms with Gasteiger partial charge in [0.25, 0.3) is 0 Å². The number of carbonyl (C=O) groups is 5. The van der Waals surface area contributed by atoms with Crippen molar-refractivity contribution in [1.82, 2.24) is 25.3 Å². The maximum Gasteiger partial charge on any atom is 0.246 e. The van der Waals surface area contributed by atoms with E-state index < -0.39 is 36.0 Å². The number of unbranched alkanes of at least 4 members (excludes halogenated alkanes) is 1. The van der Waals surface area contributed by atoms with Crippen LogP contribution >= 0.6 is 0 Å². The number of nitrogens with one attached hydrogen (secondary N) is 2. The Morgan fingerprint density at radius 3 is 2.04 bits per heavy atom. The number of nitrogens with zero attached hydrogens (tertiary/aromatic N) is 3. The first-order valence-corrected chi connectivity index (χ1v) is 17.5. The fourth-order valence-corrected chi connectivity index (χ4v) is 7.33. The van der Waals surface area contributed by atoms with Crippen LogP contribution in [0.5, 0.6) is 0 Å². The summed E-state index contributed by atoms with van der Waals surface area (Å²) in [6.07, 6.45) is 2.67. The number of hydrogen-bond donors (Lipinski definition) is 5. The normalized spacial score (nSPS) is 20.8. The predicted octanol–water partition coefficient (Wildman–Crippen LogP) is -0.173. The van der Waals surface area contributed by atoms with Crippen molar-refractivity contribution in [2.24, 2.45) is 17.2 Å². The molecule has 0 saturated carbocycles. The Kier molecular flexibility index (Phi) is 12.4. The van der Waals surface area contributed by atoms with Gasteiger partial charge in [-0.1, -0.05) is 60.7 Å². The van der Waals surface area contributed by atoms with Gasteiger partial charge < -0.3 is 37.6 Å². The van der Waals surface area contributed by atoms with Gasteiger partial charge >= 0.3 is 0 Å². The largest absolute Gasteiger partial charge is 0.369 e. The molecule has 2 aromatic carbocycles. The van der Waals surface area contributed by atoms with Crippen LogP contribution in [0, 0.1) is 0 Å². The van der Waals surface area contributed by atoms with Crippen molar-refractivity contribution in [2.75, 3.05) is 39.3 Å². The molecule has 5 amide bonds. The SMILES string of the molecule is CC1CC(NC(=O)C(Cc2ccccc2)NC(=O)C(N)Cc2ccccc2)C(=O)N1C(CCCCN)C(=O)N1CC2=C(CN(CC(N)=O)C2)C1. The standard InChI is InChI=1S/C37H50N8O5/c1-24-16-31(42-35(48)30(18-26-12-6-3-7-13-26)41-34(47)29(39)17-25-10-4-2-5-11-25)36(49)45(24)32(14-8-9-15-38)37(50)44-21-27-19-43(23-33(40)46)20-28(27)22-44/h2-7,10-13,24,29-32H,8-9,14-23,38-39H2,1H3,(H2,40,46)(H,41,47)(H,42,48). The summed E-state index contributed by atoms with van der Waals surface area (Å²) >= 11 is 0. The Bertz CT molecular complexity index is 1550. The number of rotatable bonds is 16. The molecule has 5 unspecified atom stereocenters. The lowest BCUT2D eigenvalue weighted by Crippen LogP contribution is -2.56. The van der Waals surface area contributed by atoms with Crippen LogP contribution in [0.15, 0.2) is 71.8 Å². The summed E-state index contributed by atoms with van der Waals surface area (Å²) in [6.45, 7) is 4.61. The van der Waals surface area contributed by atoms with Crippen molar-refractivity contribution in [3.8, 4) is 0 Å². The molecule has 1 saturated heterocycles. The molecule has 0 aromatic heterocycles. The third-order valence-corrected chi connectivity index (χ3v) is 9.81. The second kappa shape index (κ2) is 16.9. The molecule has 5 rings (SSSR count). The second-order valence-electron chi connectivity index (χ2n) is 13.8. The lowest BCUT2D eigenvalue weighted by atomic mass is 10.0. The van der Waals surface area contributed by atoms with Gasteiger partial charge in [0.05, 0.1) is 12.6 Å². The molecule has 13 nitrogen and oxygen atoms in total. The van der Waals surface area contributed by atoms with E-state index >= 15 is 0 Å². The molecule has 3 aliphatic rings.